The Hall–Kier alpha value is -0.650. The monoisotopic (exact) mass is 177 g/mol. The number of carbonyl (C=O) groups is 1. The fourth-order valence-corrected chi connectivity index (χ4v) is 0.799. The zero-order valence-corrected chi connectivity index (χ0v) is 6.81. The maximum atomic E-state index is 10.2. The van der Waals surface area contributed by atoms with Gasteiger partial charge in [-0.25, -0.2) is 0 Å². The fourth-order valence-electron chi connectivity index (χ4n) is 0.799. The number of aliphatic hydroxyl groups excluding tert-OH is 3. The highest BCUT2D eigenvalue weighted by Gasteiger charge is 2.14. The molecule has 5 heteroatoms. The van der Waals surface area contributed by atoms with Crippen LogP contribution in [0.4, 0.5) is 0 Å². The normalized spacial score (nSPS) is 15.6. The lowest BCUT2D eigenvalue weighted by Gasteiger charge is -2.14. The number of amides is 1. The first-order chi connectivity index (χ1) is 5.57. The van der Waals surface area contributed by atoms with Crippen LogP contribution in [0.5, 0.6) is 0 Å². The first-order valence-corrected chi connectivity index (χ1v) is 3.83. The number of nitrogens with two attached hydrogens (primary N) is 1. The first kappa shape index (κ1) is 11.4. The molecule has 2 atom stereocenters. The second-order valence-corrected chi connectivity index (χ2v) is 2.68. The van der Waals surface area contributed by atoms with E-state index < -0.39 is 24.7 Å². The van der Waals surface area contributed by atoms with Gasteiger partial charge in [-0.2, -0.15) is 0 Å². The van der Waals surface area contributed by atoms with Gasteiger partial charge in [0.2, 0.25) is 5.91 Å². The van der Waals surface area contributed by atoms with Gasteiger partial charge >= 0.3 is 0 Å². The van der Waals surface area contributed by atoms with E-state index in [1.807, 2.05) is 0 Å². The minimum atomic E-state index is -1.13. The molecule has 0 spiro atoms. The molecule has 12 heavy (non-hydrogen) atoms. The molecule has 0 fully saturated rings. The van der Waals surface area contributed by atoms with Gasteiger partial charge in [-0.15, -0.1) is 0 Å². The van der Waals surface area contributed by atoms with Crippen molar-refractivity contribution in [2.24, 2.45) is 5.73 Å². The lowest BCUT2D eigenvalue weighted by Crippen LogP contribution is -2.29. The quantitative estimate of drug-likeness (QED) is 0.390. The van der Waals surface area contributed by atoms with E-state index in [0.717, 1.165) is 0 Å². The molecule has 0 radical (unpaired) electrons. The van der Waals surface area contributed by atoms with Crippen LogP contribution in [-0.4, -0.2) is 40.0 Å². The molecule has 0 heterocycles. The first-order valence-electron chi connectivity index (χ1n) is 3.83. The molecule has 0 aromatic carbocycles. The Morgan fingerprint density at radius 3 is 2.33 bits per heavy atom. The molecule has 0 aromatic heterocycles. The Bertz CT molecular complexity index is 139. The van der Waals surface area contributed by atoms with Crippen LogP contribution in [0, 0.1) is 0 Å². The van der Waals surface area contributed by atoms with Crippen molar-refractivity contribution in [3.63, 3.8) is 0 Å². The van der Waals surface area contributed by atoms with Gasteiger partial charge in [-0.1, -0.05) is 0 Å². The molecule has 5 N–H and O–H groups in total. The van der Waals surface area contributed by atoms with Crippen LogP contribution in [0.3, 0.4) is 0 Å². The van der Waals surface area contributed by atoms with E-state index in [-0.39, 0.29) is 12.8 Å². The van der Waals surface area contributed by atoms with Crippen molar-refractivity contribution < 1.29 is 20.1 Å². The summed E-state index contributed by atoms with van der Waals surface area (Å²) in [6.45, 7) is -0.474. The van der Waals surface area contributed by atoms with Crippen LogP contribution in [0.2, 0.25) is 0 Å². The summed E-state index contributed by atoms with van der Waals surface area (Å²) in [5.74, 6) is -0.430. The average Bonchev–Trinajstić information content (AvgIpc) is 2.02. The van der Waals surface area contributed by atoms with Gasteiger partial charge < -0.3 is 21.1 Å². The van der Waals surface area contributed by atoms with Crippen molar-refractivity contribution in [3.8, 4) is 0 Å². The predicted octanol–water partition coefficient (Wildman–Crippen LogP) is -1.64. The zero-order chi connectivity index (χ0) is 9.56. The van der Waals surface area contributed by atoms with Gasteiger partial charge in [0.05, 0.1) is 12.7 Å². The molecule has 0 saturated heterocycles. The summed E-state index contributed by atoms with van der Waals surface area (Å²) >= 11 is 0. The Morgan fingerprint density at radius 1 is 1.33 bits per heavy atom. The van der Waals surface area contributed by atoms with Gasteiger partial charge in [0.25, 0.3) is 0 Å². The number of primary amides is 1. The van der Waals surface area contributed by atoms with Crippen LogP contribution >= 0.6 is 0 Å². The summed E-state index contributed by atoms with van der Waals surface area (Å²) < 4.78 is 0. The van der Waals surface area contributed by atoms with E-state index >= 15 is 0 Å². The molecule has 0 unspecified atom stereocenters. The fraction of sp³-hybridized carbons (Fsp3) is 0.857. The minimum Gasteiger partial charge on any atom is -0.394 e. The lowest BCUT2D eigenvalue weighted by molar-refractivity contribution is -0.118. The summed E-state index contributed by atoms with van der Waals surface area (Å²) in [5, 5.41) is 26.4. The number of carbonyl (C=O) groups excluding carboxylic acids is 1. The minimum absolute atomic E-state index is 0.190. The van der Waals surface area contributed by atoms with Gasteiger partial charge in [-0.3, -0.25) is 4.79 Å². The Morgan fingerprint density at radius 2 is 1.92 bits per heavy atom. The van der Waals surface area contributed by atoms with E-state index in [4.69, 9.17) is 21.1 Å². The lowest BCUT2D eigenvalue weighted by atomic mass is 10.1. The molecule has 0 aliphatic heterocycles. The largest absolute Gasteiger partial charge is 0.394 e. The van der Waals surface area contributed by atoms with Crippen molar-refractivity contribution in [3.05, 3.63) is 0 Å². The van der Waals surface area contributed by atoms with E-state index in [1.54, 1.807) is 0 Å². The molecule has 1 amide bonds. The number of hydrogen-bond donors (Lipinski definition) is 4. The molecule has 0 saturated carbocycles. The molecule has 0 bridgehead atoms. The summed E-state index contributed by atoms with van der Waals surface area (Å²) in [6.07, 6.45) is -1.22. The van der Waals surface area contributed by atoms with Crippen molar-refractivity contribution in [1.29, 1.82) is 0 Å². The Kier molecular flexibility index (Phi) is 5.61. The maximum Gasteiger partial charge on any atom is 0.217 e. The van der Waals surface area contributed by atoms with Crippen molar-refractivity contribution >= 4 is 5.91 Å². The Balaban J connectivity index is 3.43. The van der Waals surface area contributed by atoms with Crippen molar-refractivity contribution in [1.82, 2.24) is 0 Å². The second kappa shape index (κ2) is 5.93. The second-order valence-electron chi connectivity index (χ2n) is 2.68. The highest BCUT2D eigenvalue weighted by molar-refractivity contribution is 5.73. The number of aliphatic hydroxyl groups is 3. The summed E-state index contributed by atoms with van der Waals surface area (Å²) in [6, 6.07) is 0. The molecular formula is C7H15NO4. The smallest absolute Gasteiger partial charge is 0.217 e. The Labute approximate surface area is 70.8 Å². The third kappa shape index (κ3) is 5.06. The molecule has 72 valence electrons. The zero-order valence-electron chi connectivity index (χ0n) is 6.81. The molecule has 0 aliphatic rings. The molecule has 0 rings (SSSR count). The van der Waals surface area contributed by atoms with Crippen molar-refractivity contribution in [2.45, 2.75) is 31.5 Å². The van der Waals surface area contributed by atoms with Crippen molar-refractivity contribution in [2.75, 3.05) is 6.61 Å². The highest BCUT2D eigenvalue weighted by Crippen LogP contribution is 2.04. The maximum absolute atomic E-state index is 10.2. The van der Waals surface area contributed by atoms with Crippen LogP contribution in [0.25, 0.3) is 0 Å². The summed E-state index contributed by atoms with van der Waals surface area (Å²) in [7, 11) is 0. The van der Waals surface area contributed by atoms with Gasteiger partial charge in [0.1, 0.15) is 6.10 Å². The number of rotatable bonds is 6. The highest BCUT2D eigenvalue weighted by atomic mass is 16.4. The topological polar surface area (TPSA) is 104 Å². The average molecular weight is 177 g/mol. The van der Waals surface area contributed by atoms with E-state index in [1.165, 1.54) is 0 Å². The molecule has 5 nitrogen and oxygen atoms in total. The van der Waals surface area contributed by atoms with Crippen LogP contribution in [-0.2, 0) is 4.79 Å². The van der Waals surface area contributed by atoms with Gasteiger partial charge in [-0.05, 0) is 12.8 Å². The van der Waals surface area contributed by atoms with Gasteiger partial charge in [0, 0.05) is 6.42 Å². The van der Waals surface area contributed by atoms with Gasteiger partial charge in [0.15, 0.2) is 0 Å². The SMILES string of the molecule is NC(=O)CCC[C@H](O)[C@H](O)CO. The predicted molar refractivity (Wildman–Crippen MR) is 42.1 cm³/mol. The molecule has 0 aromatic rings. The summed E-state index contributed by atoms with van der Waals surface area (Å²) in [4.78, 5) is 10.2. The van der Waals surface area contributed by atoms with Crippen LogP contribution in [0.1, 0.15) is 19.3 Å². The molecular weight excluding hydrogens is 162 g/mol. The molecule has 0 aliphatic carbocycles. The summed E-state index contributed by atoms with van der Waals surface area (Å²) in [5.41, 5.74) is 4.85. The van der Waals surface area contributed by atoms with Crippen LogP contribution < -0.4 is 5.73 Å². The van der Waals surface area contributed by atoms with E-state index in [9.17, 15) is 4.79 Å². The third-order valence-electron chi connectivity index (χ3n) is 1.55. The third-order valence-corrected chi connectivity index (χ3v) is 1.55. The van der Waals surface area contributed by atoms with E-state index in [2.05, 4.69) is 0 Å². The standard InChI is InChI=1S/C7H15NO4/c8-7(12)3-1-2-5(10)6(11)4-9/h5-6,9-11H,1-4H2,(H2,8,12)/t5-,6+/m0/s1. The number of hydrogen-bond acceptors (Lipinski definition) is 4. The van der Waals surface area contributed by atoms with Crippen LogP contribution in [0.15, 0.2) is 0 Å². The van der Waals surface area contributed by atoms with E-state index in [0.29, 0.717) is 6.42 Å².